The van der Waals surface area contributed by atoms with Crippen LogP contribution in [0.5, 0.6) is 0 Å². The van der Waals surface area contributed by atoms with E-state index in [1.807, 2.05) is 12.3 Å². The van der Waals surface area contributed by atoms with Crippen LogP contribution in [0.1, 0.15) is 30.7 Å². The molecule has 0 bridgehead atoms. The van der Waals surface area contributed by atoms with Crippen LogP contribution in [0.3, 0.4) is 0 Å². The van der Waals surface area contributed by atoms with Gasteiger partial charge in [0, 0.05) is 25.1 Å². The minimum absolute atomic E-state index is 0.195. The molecule has 3 nitrogen and oxygen atoms in total. The van der Waals surface area contributed by atoms with Gasteiger partial charge in [-0.05, 0) is 50.6 Å². The molecular weight excluding hydrogens is 384 g/mol. The van der Waals surface area contributed by atoms with Gasteiger partial charge in [0.05, 0.1) is 12.0 Å². The van der Waals surface area contributed by atoms with Gasteiger partial charge in [0.1, 0.15) is 0 Å². The van der Waals surface area contributed by atoms with E-state index >= 15 is 0 Å². The summed E-state index contributed by atoms with van der Waals surface area (Å²) in [5.74, 6) is -1.08. The first-order chi connectivity index (χ1) is 8.41. The molecule has 0 saturated heterocycles. The van der Waals surface area contributed by atoms with Crippen molar-refractivity contribution in [2.24, 2.45) is 17.8 Å². The van der Waals surface area contributed by atoms with Crippen molar-refractivity contribution in [3.8, 4) is 0 Å². The molecule has 2 rings (SSSR count). The highest BCUT2D eigenvalue weighted by Gasteiger charge is 2.42. The Morgan fingerprint density at radius 2 is 2.17 bits per heavy atom. The number of aliphatic hydroxyl groups is 1. The summed E-state index contributed by atoms with van der Waals surface area (Å²) in [5.41, 5.74) is 0. The molecule has 0 spiro atoms. The molecule has 1 heterocycles. The van der Waals surface area contributed by atoms with E-state index in [2.05, 4.69) is 31.9 Å². The summed E-state index contributed by atoms with van der Waals surface area (Å²) < 4.78 is 1.74. The van der Waals surface area contributed by atoms with Gasteiger partial charge >= 0.3 is 5.97 Å². The molecule has 1 aliphatic rings. The molecule has 0 aliphatic heterocycles. The van der Waals surface area contributed by atoms with Gasteiger partial charge in [-0.25, -0.2) is 0 Å². The van der Waals surface area contributed by atoms with Crippen molar-refractivity contribution in [3.63, 3.8) is 0 Å². The Labute approximate surface area is 126 Å². The van der Waals surface area contributed by atoms with Crippen molar-refractivity contribution < 1.29 is 15.0 Å². The smallest absolute Gasteiger partial charge is 0.306 e. The van der Waals surface area contributed by atoms with Crippen LogP contribution in [0.4, 0.5) is 0 Å². The summed E-state index contributed by atoms with van der Waals surface area (Å²) >= 11 is 8.26. The zero-order chi connectivity index (χ0) is 13.4. The van der Waals surface area contributed by atoms with Crippen molar-refractivity contribution in [3.05, 3.63) is 19.2 Å². The summed E-state index contributed by atoms with van der Waals surface area (Å²) in [6.07, 6.45) is 0.711. The Morgan fingerprint density at radius 1 is 1.50 bits per heavy atom. The largest absolute Gasteiger partial charge is 0.481 e. The van der Waals surface area contributed by atoms with Crippen LogP contribution in [0.15, 0.2) is 14.3 Å². The van der Waals surface area contributed by atoms with Gasteiger partial charge in [-0.1, -0.05) is 6.92 Å². The van der Waals surface area contributed by atoms with Crippen molar-refractivity contribution in [1.82, 2.24) is 0 Å². The van der Waals surface area contributed by atoms with Crippen LogP contribution in [0.2, 0.25) is 0 Å². The molecule has 6 heteroatoms. The highest BCUT2D eigenvalue weighted by Crippen LogP contribution is 2.47. The van der Waals surface area contributed by atoms with Crippen LogP contribution < -0.4 is 0 Å². The second kappa shape index (κ2) is 5.61. The molecule has 1 aromatic heterocycles. The number of carboxylic acids is 1. The van der Waals surface area contributed by atoms with Crippen molar-refractivity contribution in [2.45, 2.75) is 25.9 Å². The van der Waals surface area contributed by atoms with Gasteiger partial charge < -0.3 is 10.2 Å². The van der Waals surface area contributed by atoms with Crippen LogP contribution in [0, 0.1) is 17.8 Å². The van der Waals surface area contributed by atoms with E-state index in [0.29, 0.717) is 12.3 Å². The summed E-state index contributed by atoms with van der Waals surface area (Å²) in [4.78, 5) is 12.1. The number of halogens is 2. The highest BCUT2D eigenvalue weighted by molar-refractivity contribution is 9.13. The molecule has 18 heavy (non-hydrogen) atoms. The van der Waals surface area contributed by atoms with E-state index in [9.17, 15) is 15.0 Å². The van der Waals surface area contributed by atoms with E-state index in [1.165, 1.54) is 11.3 Å². The zero-order valence-corrected chi connectivity index (χ0v) is 13.8. The Morgan fingerprint density at radius 3 is 2.67 bits per heavy atom. The molecule has 4 unspecified atom stereocenters. The molecule has 1 saturated carbocycles. The lowest BCUT2D eigenvalue weighted by atomic mass is 9.90. The highest BCUT2D eigenvalue weighted by atomic mass is 79.9. The third-order valence-corrected chi connectivity index (χ3v) is 7.18. The first kappa shape index (κ1) is 14.5. The van der Waals surface area contributed by atoms with E-state index in [4.69, 9.17) is 0 Å². The van der Waals surface area contributed by atoms with Crippen LogP contribution >= 0.6 is 43.2 Å². The Kier molecular flexibility index (Phi) is 4.52. The topological polar surface area (TPSA) is 57.5 Å². The molecule has 0 aromatic carbocycles. The number of thiophene rings is 1. The molecule has 1 fully saturated rings. The fourth-order valence-electron chi connectivity index (χ4n) is 2.70. The average Bonchev–Trinajstić information content (AvgIpc) is 2.84. The van der Waals surface area contributed by atoms with E-state index in [1.54, 1.807) is 0 Å². The minimum atomic E-state index is -0.796. The molecule has 0 radical (unpaired) electrons. The lowest BCUT2D eigenvalue weighted by molar-refractivity contribution is -0.144. The van der Waals surface area contributed by atoms with Crippen LogP contribution in [-0.4, -0.2) is 16.2 Å². The normalized spacial score (nSPS) is 29.4. The second-order valence-electron chi connectivity index (χ2n) is 4.89. The third kappa shape index (κ3) is 2.66. The van der Waals surface area contributed by atoms with Crippen molar-refractivity contribution in [2.75, 3.05) is 0 Å². The molecule has 1 aromatic rings. The maximum atomic E-state index is 11.3. The maximum absolute atomic E-state index is 11.3. The Bertz CT molecular complexity index is 460. The van der Waals surface area contributed by atoms with Crippen molar-refractivity contribution in [1.29, 1.82) is 0 Å². The van der Waals surface area contributed by atoms with Gasteiger partial charge in [-0.3, -0.25) is 4.79 Å². The van der Waals surface area contributed by atoms with Gasteiger partial charge in [0.15, 0.2) is 0 Å². The van der Waals surface area contributed by atoms with Gasteiger partial charge in [-0.15, -0.1) is 11.3 Å². The quantitative estimate of drug-likeness (QED) is 0.808. The summed E-state index contributed by atoms with van der Waals surface area (Å²) in [7, 11) is 0. The number of hydrogen-bond acceptors (Lipinski definition) is 3. The predicted molar refractivity (Wildman–Crippen MR) is 77.7 cm³/mol. The van der Waals surface area contributed by atoms with Gasteiger partial charge in [0.2, 0.25) is 0 Å². The SMILES string of the molecule is CC1CC(C(=O)O)C(C(O)c2scc(Br)c2Br)C1. The van der Waals surface area contributed by atoms with Gasteiger partial charge in [0.25, 0.3) is 0 Å². The third-order valence-electron chi connectivity index (χ3n) is 3.55. The number of rotatable bonds is 3. The molecule has 100 valence electrons. The second-order valence-corrected chi connectivity index (χ2v) is 7.45. The molecule has 4 atom stereocenters. The monoisotopic (exact) mass is 396 g/mol. The number of hydrogen-bond donors (Lipinski definition) is 2. The van der Waals surface area contributed by atoms with Crippen LogP contribution in [-0.2, 0) is 4.79 Å². The lowest BCUT2D eigenvalue weighted by Crippen LogP contribution is -2.23. The van der Waals surface area contributed by atoms with Crippen molar-refractivity contribution >= 4 is 49.2 Å². The Balaban J connectivity index is 2.25. The zero-order valence-electron chi connectivity index (χ0n) is 9.77. The fraction of sp³-hybridized carbons (Fsp3) is 0.583. The number of carboxylic acid groups (broad SMARTS) is 1. The maximum Gasteiger partial charge on any atom is 0.306 e. The Hall–Kier alpha value is 0.0900. The first-order valence-electron chi connectivity index (χ1n) is 5.75. The van der Waals surface area contributed by atoms with E-state index in [-0.39, 0.29) is 5.92 Å². The fourth-order valence-corrected chi connectivity index (χ4v) is 4.98. The summed E-state index contributed by atoms with van der Waals surface area (Å²) in [6.45, 7) is 2.04. The standard InChI is InChI=1S/C12H14Br2O3S/c1-5-2-6(7(3-5)12(16)17)10(15)11-9(14)8(13)4-18-11/h4-7,10,15H,2-3H2,1H3,(H,16,17). The number of aliphatic carboxylic acids is 1. The van der Waals surface area contributed by atoms with E-state index < -0.39 is 18.0 Å². The average molecular weight is 398 g/mol. The van der Waals surface area contributed by atoms with Crippen LogP contribution in [0.25, 0.3) is 0 Å². The molecular formula is C12H14Br2O3S. The predicted octanol–water partition coefficient (Wildman–Crippen LogP) is 4.05. The number of carbonyl (C=O) groups is 1. The molecule has 1 aliphatic carbocycles. The minimum Gasteiger partial charge on any atom is -0.481 e. The molecule has 2 N–H and O–H groups in total. The first-order valence-corrected chi connectivity index (χ1v) is 8.21. The summed E-state index contributed by atoms with van der Waals surface area (Å²) in [6, 6.07) is 0. The van der Waals surface area contributed by atoms with E-state index in [0.717, 1.165) is 20.2 Å². The summed E-state index contributed by atoms with van der Waals surface area (Å²) in [5, 5.41) is 21.6. The lowest BCUT2D eigenvalue weighted by Gasteiger charge is -2.21. The molecule has 0 amide bonds. The van der Waals surface area contributed by atoms with Gasteiger partial charge in [-0.2, -0.15) is 0 Å². The number of aliphatic hydroxyl groups excluding tert-OH is 1.